The van der Waals surface area contributed by atoms with Crippen LogP contribution in [0.4, 0.5) is 0 Å². The first kappa shape index (κ1) is 13.9. The molecule has 0 aromatic heterocycles. The number of hydrogen-bond acceptors (Lipinski definition) is 3. The van der Waals surface area contributed by atoms with Gasteiger partial charge in [-0.25, -0.2) is 4.79 Å². The smallest absolute Gasteiger partial charge is 0.339 e. The van der Waals surface area contributed by atoms with E-state index in [-0.39, 0.29) is 17.8 Å². The molecule has 21 heavy (non-hydrogen) atoms. The monoisotopic (exact) mass is 286 g/mol. The molecule has 0 radical (unpaired) electrons. The van der Waals surface area contributed by atoms with Gasteiger partial charge in [-0.2, -0.15) is 0 Å². The summed E-state index contributed by atoms with van der Waals surface area (Å²) in [6.07, 6.45) is 2.27. The maximum absolute atomic E-state index is 11.4. The van der Waals surface area contributed by atoms with Gasteiger partial charge in [-0.3, -0.25) is 0 Å². The second-order valence-electron chi connectivity index (χ2n) is 5.43. The average molecular weight is 286 g/mol. The summed E-state index contributed by atoms with van der Waals surface area (Å²) in [6.45, 7) is 2.43. The van der Waals surface area contributed by atoms with Crippen molar-refractivity contribution in [2.24, 2.45) is 0 Å². The molecule has 3 rings (SSSR count). The minimum atomic E-state index is -0.975. The summed E-state index contributed by atoms with van der Waals surface area (Å²) in [5, 5.41) is 11.1. The van der Waals surface area contributed by atoms with Crippen LogP contribution in [0.1, 0.15) is 30.1 Å². The lowest BCUT2D eigenvalue weighted by Gasteiger charge is -2.16. The van der Waals surface area contributed by atoms with Crippen molar-refractivity contribution >= 4 is 16.7 Å². The molecule has 2 aromatic rings. The predicted molar refractivity (Wildman–Crippen MR) is 80.0 cm³/mol. The van der Waals surface area contributed by atoms with E-state index in [1.807, 2.05) is 31.2 Å². The molecule has 1 aliphatic rings. The van der Waals surface area contributed by atoms with Crippen molar-refractivity contribution in [2.75, 3.05) is 6.61 Å². The minimum Gasteiger partial charge on any atom is -0.489 e. The SMILES string of the molecule is CC1CCC(COc2c(C(=O)O)ccc3ccccc23)O1. The molecule has 1 aliphatic heterocycles. The van der Waals surface area contributed by atoms with Crippen LogP contribution in [0.25, 0.3) is 10.8 Å². The fourth-order valence-corrected chi connectivity index (χ4v) is 2.75. The standard InChI is InChI=1S/C17H18O4/c1-11-6-8-13(21-11)10-20-16-14-5-3-2-4-12(14)7-9-15(16)17(18)19/h2-5,7,9,11,13H,6,8,10H2,1H3,(H,18,19). The van der Waals surface area contributed by atoms with Gasteiger partial charge in [0.15, 0.2) is 0 Å². The molecule has 4 heteroatoms. The molecular weight excluding hydrogens is 268 g/mol. The summed E-state index contributed by atoms with van der Waals surface area (Å²) in [7, 11) is 0. The van der Waals surface area contributed by atoms with Gasteiger partial charge in [0.25, 0.3) is 0 Å². The molecule has 0 amide bonds. The molecule has 0 spiro atoms. The number of rotatable bonds is 4. The maximum Gasteiger partial charge on any atom is 0.339 e. The molecule has 0 aliphatic carbocycles. The Kier molecular flexibility index (Phi) is 3.80. The van der Waals surface area contributed by atoms with Crippen LogP contribution in [0.3, 0.4) is 0 Å². The van der Waals surface area contributed by atoms with E-state index in [9.17, 15) is 9.90 Å². The molecule has 4 nitrogen and oxygen atoms in total. The Morgan fingerprint density at radius 2 is 2.10 bits per heavy atom. The van der Waals surface area contributed by atoms with Crippen LogP contribution in [0, 0.1) is 0 Å². The van der Waals surface area contributed by atoms with Crippen LogP contribution >= 0.6 is 0 Å². The zero-order chi connectivity index (χ0) is 14.8. The van der Waals surface area contributed by atoms with Crippen LogP contribution in [0.15, 0.2) is 36.4 Å². The van der Waals surface area contributed by atoms with Gasteiger partial charge in [0.1, 0.15) is 17.9 Å². The van der Waals surface area contributed by atoms with E-state index < -0.39 is 5.97 Å². The number of benzene rings is 2. The maximum atomic E-state index is 11.4. The van der Waals surface area contributed by atoms with Gasteiger partial charge in [-0.05, 0) is 31.2 Å². The number of ether oxygens (including phenoxy) is 2. The molecule has 1 heterocycles. The Bertz CT molecular complexity index is 665. The second kappa shape index (κ2) is 5.74. The van der Waals surface area contributed by atoms with Crippen molar-refractivity contribution in [3.05, 3.63) is 42.0 Å². The molecule has 2 atom stereocenters. The minimum absolute atomic E-state index is 0.0422. The number of hydrogen-bond donors (Lipinski definition) is 1. The first-order chi connectivity index (χ1) is 10.1. The van der Waals surface area contributed by atoms with Gasteiger partial charge in [0, 0.05) is 5.39 Å². The fraction of sp³-hybridized carbons (Fsp3) is 0.353. The van der Waals surface area contributed by atoms with Crippen LogP contribution in [-0.4, -0.2) is 29.9 Å². The topological polar surface area (TPSA) is 55.8 Å². The largest absolute Gasteiger partial charge is 0.489 e. The second-order valence-corrected chi connectivity index (χ2v) is 5.43. The molecule has 0 bridgehead atoms. The van der Waals surface area contributed by atoms with Gasteiger partial charge >= 0.3 is 5.97 Å². The Labute approximate surface area is 123 Å². The van der Waals surface area contributed by atoms with Crippen molar-refractivity contribution in [1.82, 2.24) is 0 Å². The summed E-state index contributed by atoms with van der Waals surface area (Å²) in [4.78, 5) is 11.4. The Morgan fingerprint density at radius 3 is 2.81 bits per heavy atom. The number of fused-ring (bicyclic) bond motifs is 1. The third-order valence-electron chi connectivity index (χ3n) is 3.84. The van der Waals surface area contributed by atoms with Gasteiger partial charge in [0.05, 0.1) is 12.2 Å². The zero-order valence-corrected chi connectivity index (χ0v) is 11.9. The van der Waals surface area contributed by atoms with Gasteiger partial charge in [0.2, 0.25) is 0 Å². The molecule has 1 fully saturated rings. The van der Waals surface area contributed by atoms with E-state index in [1.165, 1.54) is 0 Å². The quantitative estimate of drug-likeness (QED) is 0.934. The van der Waals surface area contributed by atoms with E-state index in [0.717, 1.165) is 23.6 Å². The number of aromatic carboxylic acids is 1. The fourth-order valence-electron chi connectivity index (χ4n) is 2.75. The van der Waals surface area contributed by atoms with E-state index >= 15 is 0 Å². The lowest BCUT2D eigenvalue weighted by atomic mass is 10.1. The molecular formula is C17H18O4. The highest BCUT2D eigenvalue weighted by Gasteiger charge is 2.23. The number of carboxylic acids is 1. The first-order valence-electron chi connectivity index (χ1n) is 7.18. The highest BCUT2D eigenvalue weighted by Crippen LogP contribution is 2.31. The van der Waals surface area contributed by atoms with Gasteiger partial charge in [-0.15, -0.1) is 0 Å². The van der Waals surface area contributed by atoms with E-state index in [4.69, 9.17) is 9.47 Å². The Morgan fingerprint density at radius 1 is 1.29 bits per heavy atom. The number of carboxylic acid groups (broad SMARTS) is 1. The van der Waals surface area contributed by atoms with Crippen LogP contribution in [0.5, 0.6) is 5.75 Å². The zero-order valence-electron chi connectivity index (χ0n) is 11.9. The summed E-state index contributed by atoms with van der Waals surface area (Å²) in [5.41, 5.74) is 0.194. The summed E-state index contributed by atoms with van der Waals surface area (Å²) in [5.74, 6) is -0.541. The summed E-state index contributed by atoms with van der Waals surface area (Å²) >= 11 is 0. The Hall–Kier alpha value is -2.07. The van der Waals surface area contributed by atoms with Gasteiger partial charge in [-0.1, -0.05) is 30.3 Å². The predicted octanol–water partition coefficient (Wildman–Crippen LogP) is 3.48. The summed E-state index contributed by atoms with van der Waals surface area (Å²) in [6, 6.07) is 11.0. The van der Waals surface area contributed by atoms with Crippen LogP contribution in [-0.2, 0) is 4.74 Å². The molecule has 110 valence electrons. The molecule has 1 saturated heterocycles. The lowest BCUT2D eigenvalue weighted by molar-refractivity contribution is 0.0263. The van der Waals surface area contributed by atoms with Crippen molar-refractivity contribution in [3.8, 4) is 5.75 Å². The molecule has 2 unspecified atom stereocenters. The van der Waals surface area contributed by atoms with Crippen LogP contribution in [0.2, 0.25) is 0 Å². The highest BCUT2D eigenvalue weighted by atomic mass is 16.5. The third kappa shape index (κ3) is 2.85. The molecule has 0 saturated carbocycles. The van der Waals surface area contributed by atoms with Crippen LogP contribution < -0.4 is 4.74 Å². The third-order valence-corrected chi connectivity index (χ3v) is 3.84. The van der Waals surface area contributed by atoms with E-state index in [1.54, 1.807) is 12.1 Å². The molecule has 1 N–H and O–H groups in total. The average Bonchev–Trinajstić information content (AvgIpc) is 2.90. The van der Waals surface area contributed by atoms with E-state index in [0.29, 0.717) is 12.4 Å². The van der Waals surface area contributed by atoms with Gasteiger partial charge < -0.3 is 14.6 Å². The van der Waals surface area contributed by atoms with E-state index in [2.05, 4.69) is 0 Å². The first-order valence-corrected chi connectivity index (χ1v) is 7.18. The van der Waals surface area contributed by atoms with Crippen molar-refractivity contribution in [3.63, 3.8) is 0 Å². The number of carbonyl (C=O) groups is 1. The summed E-state index contributed by atoms with van der Waals surface area (Å²) < 4.78 is 11.6. The van der Waals surface area contributed by atoms with Crippen molar-refractivity contribution < 1.29 is 19.4 Å². The lowest BCUT2D eigenvalue weighted by Crippen LogP contribution is -2.19. The Balaban J connectivity index is 1.91. The highest BCUT2D eigenvalue weighted by molar-refractivity contribution is 6.00. The normalized spacial score (nSPS) is 21.6. The molecule has 2 aromatic carbocycles. The van der Waals surface area contributed by atoms with Crippen molar-refractivity contribution in [2.45, 2.75) is 32.0 Å². The van der Waals surface area contributed by atoms with Crippen molar-refractivity contribution in [1.29, 1.82) is 0 Å².